The van der Waals surface area contributed by atoms with E-state index in [0.717, 1.165) is 110 Å². The van der Waals surface area contributed by atoms with Crippen molar-refractivity contribution in [3.8, 4) is 0 Å². The van der Waals surface area contributed by atoms with Gasteiger partial charge in [-0.1, -0.05) is 25.7 Å². The molecule has 0 saturated heterocycles. The highest BCUT2D eigenvalue weighted by atomic mass is 16.2. The summed E-state index contributed by atoms with van der Waals surface area (Å²) in [6.07, 6.45) is 6.14. The van der Waals surface area contributed by atoms with Gasteiger partial charge < -0.3 is 31.9 Å². The quantitative estimate of drug-likeness (QED) is 0.0562. The zero-order chi connectivity index (χ0) is 43.5. The first-order valence-electron chi connectivity index (χ1n) is 21.4. The first-order chi connectivity index (χ1) is 30.2. The molecule has 0 unspecified atom stereocenters. The molecule has 330 valence electrons. The van der Waals surface area contributed by atoms with E-state index < -0.39 is 0 Å². The van der Waals surface area contributed by atoms with Crippen LogP contribution < -0.4 is 53.6 Å². The summed E-state index contributed by atoms with van der Waals surface area (Å²) >= 11 is 0. The van der Waals surface area contributed by atoms with Gasteiger partial charge in [-0.15, -0.1) is 0 Å². The second-order valence-electron chi connectivity index (χ2n) is 15.2. The molecule has 0 radical (unpaired) electrons. The summed E-state index contributed by atoms with van der Waals surface area (Å²) in [4.78, 5) is 43.5. The molecule has 2 aromatic rings. The number of amides is 2. The monoisotopic (exact) mass is 849 g/mol. The third-order valence-electron chi connectivity index (χ3n) is 10.2. The number of nitrogens with one attached hydrogen (secondary N) is 10. The van der Waals surface area contributed by atoms with Gasteiger partial charge in [-0.25, -0.2) is 41.7 Å². The van der Waals surface area contributed by atoms with E-state index in [-0.39, 0.29) is 11.8 Å². The molecule has 4 aliphatic rings. The van der Waals surface area contributed by atoms with Crippen LogP contribution in [0.1, 0.15) is 101 Å². The van der Waals surface area contributed by atoms with Crippen molar-refractivity contribution in [2.75, 3.05) is 63.0 Å². The number of unbranched alkanes of at least 4 members (excludes halogenated alkanes) is 5. The lowest BCUT2D eigenvalue weighted by Gasteiger charge is -2.12. The molecule has 62 heavy (non-hydrogen) atoms. The van der Waals surface area contributed by atoms with Crippen molar-refractivity contribution in [3.05, 3.63) is 58.7 Å². The third kappa shape index (κ3) is 14.4. The Labute approximate surface area is 362 Å². The molecule has 20 nitrogen and oxygen atoms in total. The highest BCUT2D eigenvalue weighted by Gasteiger charge is 2.14. The maximum atomic E-state index is 13.1. The van der Waals surface area contributed by atoms with Gasteiger partial charge in [0.2, 0.25) is 35.7 Å². The van der Waals surface area contributed by atoms with Crippen LogP contribution >= 0.6 is 0 Å². The van der Waals surface area contributed by atoms with Crippen molar-refractivity contribution in [2.24, 2.45) is 40.4 Å². The fourth-order valence-corrected chi connectivity index (χ4v) is 6.66. The maximum Gasteiger partial charge on any atom is 0.224 e. The number of hydrogen-bond donors (Lipinski definition) is 10. The predicted octanol–water partition coefficient (Wildman–Crippen LogP) is 2.48. The maximum absolute atomic E-state index is 13.1. The van der Waals surface area contributed by atoms with Crippen LogP contribution in [-0.2, 0) is 9.59 Å². The molecule has 4 aliphatic heterocycles. The zero-order valence-electron chi connectivity index (χ0n) is 36.2. The van der Waals surface area contributed by atoms with Crippen molar-refractivity contribution in [2.45, 2.75) is 79.1 Å². The predicted molar refractivity (Wildman–Crippen MR) is 250 cm³/mol. The van der Waals surface area contributed by atoms with Crippen molar-refractivity contribution in [1.29, 1.82) is 0 Å². The normalized spacial score (nSPS) is 16.5. The molecule has 0 aromatic heterocycles. The topological polar surface area (TPSA) is 253 Å². The summed E-state index contributed by atoms with van der Waals surface area (Å²) in [7, 11) is 0. The van der Waals surface area contributed by atoms with E-state index in [1.54, 1.807) is 0 Å². The first kappa shape index (κ1) is 44.7. The molecular weight excluding hydrogens is 789 g/mol. The molecule has 0 saturated carbocycles. The highest BCUT2D eigenvalue weighted by Crippen LogP contribution is 2.20. The molecule has 10 N–H and O–H groups in total. The minimum Gasteiger partial charge on any atom is -0.353 e. The lowest BCUT2D eigenvalue weighted by molar-refractivity contribution is -0.117. The number of anilines is 2. The largest absolute Gasteiger partial charge is 0.353 e. The fraction of sp³-hybridized carbons (Fsp3) is 0.476. The van der Waals surface area contributed by atoms with E-state index in [2.05, 4.69) is 94.0 Å². The Morgan fingerprint density at radius 3 is 0.984 bits per heavy atom. The van der Waals surface area contributed by atoms with Crippen LogP contribution in [0, 0.1) is 0 Å². The minimum atomic E-state index is -0.0534. The number of nitrogens with zero attached hydrogens (tertiary/aromatic N) is 8. The van der Waals surface area contributed by atoms with Crippen molar-refractivity contribution < 1.29 is 9.59 Å². The Bertz CT molecular complexity index is 1900. The highest BCUT2D eigenvalue weighted by molar-refractivity contribution is 6.08. The first-order valence-corrected chi connectivity index (χ1v) is 21.4. The molecule has 6 rings (SSSR count). The minimum absolute atomic E-state index is 0.0534. The van der Waals surface area contributed by atoms with Crippen LogP contribution in [0.5, 0.6) is 0 Å². The van der Waals surface area contributed by atoms with Gasteiger partial charge in [-0.05, 0) is 76.9 Å². The number of carbonyl (C=O) groups is 2. The second-order valence-corrected chi connectivity index (χ2v) is 15.2. The van der Waals surface area contributed by atoms with Crippen LogP contribution in [0.2, 0.25) is 0 Å². The van der Waals surface area contributed by atoms with Crippen LogP contribution in [0.3, 0.4) is 0 Å². The Morgan fingerprint density at radius 2 is 0.726 bits per heavy atom. The van der Waals surface area contributed by atoms with E-state index in [4.69, 9.17) is 0 Å². The number of hydrazone groups is 4. The van der Waals surface area contributed by atoms with Gasteiger partial charge in [0.25, 0.3) is 0 Å². The van der Waals surface area contributed by atoms with Crippen LogP contribution in [0.25, 0.3) is 0 Å². The van der Waals surface area contributed by atoms with Crippen LogP contribution in [-0.4, -0.2) is 111 Å². The molecule has 2 aromatic carbocycles. The van der Waals surface area contributed by atoms with Crippen LogP contribution in [0.15, 0.2) is 76.8 Å². The molecule has 0 spiro atoms. The molecule has 0 aliphatic carbocycles. The standard InChI is InChI=1S/C42H60N18O2/c1-27(53-57-39-43-13-14-44-39)31-21-32(28(2)54-58-40-45-15-16-46-40)24-35(23-31)51-37(61)11-9-7-5-6-8-10-12-38(62)52-36-25-33(29(3)55-59-41-47-17-18-48-41)22-34(26-36)30(4)56-60-42-49-19-20-50-42/h21-26H,5-20H2,1-4H3,(H,51,61)(H,52,62)(H2,43,44,57)(H2,45,46,58)(H2,47,48,59)(H2,49,50,60)/b53-27-,54-28+,55-29-,56-30+. The van der Waals surface area contributed by atoms with Gasteiger partial charge in [-0.2, -0.15) is 20.4 Å². The molecule has 0 atom stereocenters. The fourth-order valence-electron chi connectivity index (χ4n) is 6.66. The van der Waals surface area contributed by atoms with Crippen LogP contribution in [0.4, 0.5) is 11.4 Å². The van der Waals surface area contributed by atoms with E-state index in [1.807, 2.05) is 64.1 Å². The van der Waals surface area contributed by atoms with Crippen molar-refractivity contribution in [1.82, 2.24) is 43.0 Å². The van der Waals surface area contributed by atoms with Crippen molar-refractivity contribution >= 4 is 69.9 Å². The van der Waals surface area contributed by atoms with Gasteiger partial charge in [0.1, 0.15) is 0 Å². The summed E-state index contributed by atoms with van der Waals surface area (Å²) in [5.41, 5.74) is 19.5. The smallest absolute Gasteiger partial charge is 0.224 e. The summed E-state index contributed by atoms with van der Waals surface area (Å²) in [6, 6.07) is 11.6. The van der Waals surface area contributed by atoms with E-state index >= 15 is 0 Å². The molecule has 0 bridgehead atoms. The third-order valence-corrected chi connectivity index (χ3v) is 10.2. The average molecular weight is 849 g/mol. The Balaban J connectivity index is 0.948. The van der Waals surface area contributed by atoms with Gasteiger partial charge in [-0.3, -0.25) is 9.59 Å². The SMILES string of the molecule is C/C(=N/NC1=NCCN1)c1cc(NC(=O)CCCCCCCCC(=O)Nc2cc(/C(C)=N\NC3=NCCN3)cc(/C(C)=N/NC3=NCCN3)c2)cc(/C(C)=N/NC2=NCCN2)c1. The number of carbonyl (C=O) groups excluding carboxylic acids is 2. The van der Waals surface area contributed by atoms with Gasteiger partial charge in [0.05, 0.1) is 49.0 Å². The number of benzene rings is 2. The summed E-state index contributed by atoms with van der Waals surface area (Å²) in [5.74, 6) is 2.43. The Kier molecular flexibility index (Phi) is 16.7. The molecular formula is C42H60N18O2. The summed E-state index contributed by atoms with van der Waals surface area (Å²) < 4.78 is 0. The Hall–Kier alpha value is -6.86. The number of guanidine groups is 4. The lowest BCUT2D eigenvalue weighted by Crippen LogP contribution is -2.31. The average Bonchev–Trinajstić information content (AvgIpc) is 4.13. The molecule has 0 fully saturated rings. The summed E-state index contributed by atoms with van der Waals surface area (Å²) in [5, 5.41) is 36.8. The second kappa shape index (κ2) is 23.2. The van der Waals surface area contributed by atoms with E-state index in [9.17, 15) is 9.59 Å². The molecule has 2 amide bonds. The van der Waals surface area contributed by atoms with E-state index in [1.165, 1.54) is 0 Å². The number of rotatable bonds is 19. The number of aliphatic imine (C=N–C) groups is 4. The summed E-state index contributed by atoms with van der Waals surface area (Å²) in [6.45, 7) is 13.6. The van der Waals surface area contributed by atoms with Gasteiger partial charge in [0, 0.05) is 72.6 Å². The molecule has 20 heteroatoms. The zero-order valence-corrected chi connectivity index (χ0v) is 36.2. The van der Waals surface area contributed by atoms with Gasteiger partial charge >= 0.3 is 0 Å². The Morgan fingerprint density at radius 1 is 0.452 bits per heavy atom. The van der Waals surface area contributed by atoms with Crippen molar-refractivity contribution in [3.63, 3.8) is 0 Å². The van der Waals surface area contributed by atoms with Gasteiger partial charge in [0.15, 0.2) is 0 Å². The lowest BCUT2D eigenvalue weighted by atomic mass is 10.0. The molecule has 4 heterocycles. The number of hydrogen-bond acceptors (Lipinski definition) is 18. The van der Waals surface area contributed by atoms with E-state index in [0.29, 0.717) is 74.2 Å².